The van der Waals surface area contributed by atoms with Crippen molar-refractivity contribution in [1.82, 2.24) is 4.31 Å². The summed E-state index contributed by atoms with van der Waals surface area (Å²) in [5.74, 6) is -1.08. The molecule has 0 radical (unpaired) electrons. The molecule has 0 bridgehead atoms. The summed E-state index contributed by atoms with van der Waals surface area (Å²) in [5.41, 5.74) is 0.604. The van der Waals surface area contributed by atoms with Crippen molar-refractivity contribution in [3.8, 4) is 5.75 Å². The zero-order valence-electron chi connectivity index (χ0n) is 17.1. The second-order valence-corrected chi connectivity index (χ2v) is 10.3. The van der Waals surface area contributed by atoms with Gasteiger partial charge < -0.3 is 20.2 Å². The average molecular weight is 476 g/mol. The van der Waals surface area contributed by atoms with Crippen molar-refractivity contribution in [2.75, 3.05) is 23.7 Å². The Morgan fingerprint density at radius 1 is 1.09 bits per heavy atom. The quantitative estimate of drug-likeness (QED) is 0.467. The average Bonchev–Trinajstić information content (AvgIpc) is 3.51. The van der Waals surface area contributed by atoms with Gasteiger partial charge in [-0.3, -0.25) is 9.59 Å². The number of phenolic OH excluding ortho intramolecular Hbond substituents is 1. The summed E-state index contributed by atoms with van der Waals surface area (Å²) in [5, 5.41) is 15.9. The molecule has 32 heavy (non-hydrogen) atoms. The number of phenols is 1. The SMILES string of the molecule is Cc1cc(NC(=O)c2ccco2)sc1C(=O)Nc1cc(S(=O)(=O)N2CCCC2)ccc1O. The Bertz CT molecular complexity index is 1260. The number of benzene rings is 1. The summed E-state index contributed by atoms with van der Waals surface area (Å²) in [7, 11) is -3.70. The number of hydrogen-bond donors (Lipinski definition) is 3. The number of amides is 2. The molecule has 1 fully saturated rings. The van der Waals surface area contributed by atoms with Crippen LogP contribution in [0, 0.1) is 6.92 Å². The number of sulfonamides is 1. The van der Waals surface area contributed by atoms with Gasteiger partial charge in [0.25, 0.3) is 11.8 Å². The van der Waals surface area contributed by atoms with E-state index in [2.05, 4.69) is 10.6 Å². The Morgan fingerprint density at radius 3 is 2.53 bits per heavy atom. The number of carbonyl (C=O) groups excluding carboxylic acids is 2. The Kier molecular flexibility index (Phi) is 6.04. The van der Waals surface area contributed by atoms with E-state index in [-0.39, 0.29) is 22.1 Å². The van der Waals surface area contributed by atoms with Crippen molar-refractivity contribution >= 4 is 43.9 Å². The summed E-state index contributed by atoms with van der Waals surface area (Å²) in [6.07, 6.45) is 2.99. The van der Waals surface area contributed by atoms with Gasteiger partial charge >= 0.3 is 0 Å². The number of aromatic hydroxyl groups is 1. The maximum atomic E-state index is 12.8. The predicted octanol–water partition coefficient (Wildman–Crippen LogP) is 3.64. The fourth-order valence-corrected chi connectivity index (χ4v) is 5.89. The molecule has 0 atom stereocenters. The molecule has 2 aromatic heterocycles. The first-order valence-corrected chi connectivity index (χ1v) is 12.1. The lowest BCUT2D eigenvalue weighted by atomic mass is 10.2. The minimum Gasteiger partial charge on any atom is -0.506 e. The fraction of sp³-hybridized carbons (Fsp3) is 0.238. The predicted molar refractivity (Wildman–Crippen MR) is 120 cm³/mol. The lowest BCUT2D eigenvalue weighted by Crippen LogP contribution is -2.28. The van der Waals surface area contributed by atoms with Crippen molar-refractivity contribution in [2.24, 2.45) is 0 Å². The Morgan fingerprint density at radius 2 is 1.84 bits per heavy atom. The van der Waals surface area contributed by atoms with Crippen LogP contribution in [0.2, 0.25) is 0 Å². The standard InChI is InChI=1S/C21H21N3O6S2/c1-13-11-18(23-20(26)17-5-4-10-30-17)31-19(13)21(27)22-15-12-14(6-7-16(15)25)32(28,29)24-8-2-3-9-24/h4-7,10-12,25H,2-3,8-9H2,1H3,(H,22,27)(H,23,26). The first kappa shape index (κ1) is 22.1. The van der Waals surface area contributed by atoms with Gasteiger partial charge in [-0.2, -0.15) is 4.31 Å². The largest absolute Gasteiger partial charge is 0.506 e. The van der Waals surface area contributed by atoms with Gasteiger partial charge in [-0.1, -0.05) is 0 Å². The van der Waals surface area contributed by atoms with Gasteiger partial charge in [0, 0.05) is 13.1 Å². The summed E-state index contributed by atoms with van der Waals surface area (Å²) >= 11 is 1.05. The number of nitrogens with one attached hydrogen (secondary N) is 2. The number of anilines is 2. The topological polar surface area (TPSA) is 129 Å². The van der Waals surface area contributed by atoms with Crippen molar-refractivity contribution < 1.29 is 27.5 Å². The third-order valence-electron chi connectivity index (χ3n) is 5.02. The Balaban J connectivity index is 1.53. The van der Waals surface area contributed by atoms with E-state index in [9.17, 15) is 23.1 Å². The van der Waals surface area contributed by atoms with Crippen LogP contribution < -0.4 is 10.6 Å². The zero-order chi connectivity index (χ0) is 22.9. The van der Waals surface area contributed by atoms with Crippen LogP contribution in [-0.2, 0) is 10.0 Å². The molecule has 1 aliphatic rings. The highest BCUT2D eigenvalue weighted by atomic mass is 32.2. The highest BCUT2D eigenvalue weighted by Gasteiger charge is 2.28. The van der Waals surface area contributed by atoms with Crippen LogP contribution in [0.1, 0.15) is 38.6 Å². The lowest BCUT2D eigenvalue weighted by Gasteiger charge is -2.16. The zero-order valence-corrected chi connectivity index (χ0v) is 18.8. The van der Waals surface area contributed by atoms with Gasteiger partial charge in [0.05, 0.1) is 26.7 Å². The molecular formula is C21H21N3O6S2. The third kappa shape index (κ3) is 4.40. The van der Waals surface area contributed by atoms with Crippen LogP contribution in [0.25, 0.3) is 0 Å². The smallest absolute Gasteiger partial charge is 0.291 e. The number of carbonyl (C=O) groups is 2. The molecule has 3 aromatic rings. The van der Waals surface area contributed by atoms with E-state index in [1.165, 1.54) is 34.8 Å². The molecule has 0 spiro atoms. The molecule has 1 saturated heterocycles. The second kappa shape index (κ2) is 8.77. The highest BCUT2D eigenvalue weighted by Crippen LogP contribution is 2.32. The van der Waals surface area contributed by atoms with E-state index in [1.807, 2.05) is 0 Å². The van der Waals surface area contributed by atoms with Crippen LogP contribution in [0.4, 0.5) is 10.7 Å². The van der Waals surface area contributed by atoms with E-state index in [1.54, 1.807) is 19.1 Å². The summed E-state index contributed by atoms with van der Waals surface area (Å²) in [6, 6.07) is 8.58. The Labute approximate surface area is 188 Å². The van der Waals surface area contributed by atoms with Crippen molar-refractivity contribution in [3.05, 3.63) is 58.9 Å². The lowest BCUT2D eigenvalue weighted by molar-refractivity contribution is 0.0995. The molecule has 1 aliphatic heterocycles. The van der Waals surface area contributed by atoms with Crippen molar-refractivity contribution in [2.45, 2.75) is 24.7 Å². The molecule has 0 unspecified atom stereocenters. The van der Waals surface area contributed by atoms with Crippen LogP contribution in [0.5, 0.6) is 5.75 Å². The molecule has 3 N–H and O–H groups in total. The van der Waals surface area contributed by atoms with Gasteiger partial charge in [-0.05, 0) is 61.7 Å². The van der Waals surface area contributed by atoms with E-state index < -0.39 is 21.8 Å². The van der Waals surface area contributed by atoms with Crippen molar-refractivity contribution in [1.29, 1.82) is 0 Å². The molecule has 9 nitrogen and oxygen atoms in total. The van der Waals surface area contributed by atoms with Crippen LogP contribution in [0.15, 0.2) is 52.0 Å². The molecule has 168 valence electrons. The van der Waals surface area contributed by atoms with E-state index in [0.29, 0.717) is 28.5 Å². The van der Waals surface area contributed by atoms with Gasteiger partial charge in [0.1, 0.15) is 5.75 Å². The van der Waals surface area contributed by atoms with Crippen molar-refractivity contribution in [3.63, 3.8) is 0 Å². The number of rotatable bonds is 6. The van der Waals surface area contributed by atoms with E-state index in [0.717, 1.165) is 24.2 Å². The number of hydrogen-bond acceptors (Lipinski definition) is 7. The minimum absolute atomic E-state index is 0.00167. The monoisotopic (exact) mass is 475 g/mol. The summed E-state index contributed by atoms with van der Waals surface area (Å²) in [6.45, 7) is 2.61. The maximum Gasteiger partial charge on any atom is 0.291 e. The van der Waals surface area contributed by atoms with Crippen LogP contribution in [0.3, 0.4) is 0 Å². The number of aryl methyl sites for hydroxylation is 1. The Hall–Kier alpha value is -3.15. The molecule has 3 heterocycles. The summed E-state index contributed by atoms with van der Waals surface area (Å²) < 4.78 is 32.0. The first-order chi connectivity index (χ1) is 15.3. The van der Waals surface area contributed by atoms with Gasteiger partial charge in [-0.15, -0.1) is 11.3 Å². The highest BCUT2D eigenvalue weighted by molar-refractivity contribution is 7.89. The molecular weight excluding hydrogens is 454 g/mol. The minimum atomic E-state index is -3.70. The molecule has 0 saturated carbocycles. The third-order valence-corrected chi connectivity index (χ3v) is 8.07. The second-order valence-electron chi connectivity index (χ2n) is 7.30. The number of thiophene rings is 1. The molecule has 0 aliphatic carbocycles. The summed E-state index contributed by atoms with van der Waals surface area (Å²) in [4.78, 5) is 25.3. The normalized spacial score (nSPS) is 14.4. The molecule has 1 aromatic carbocycles. The maximum absolute atomic E-state index is 12.8. The fourth-order valence-electron chi connectivity index (χ4n) is 3.38. The molecule has 2 amide bonds. The van der Waals surface area contributed by atoms with Gasteiger partial charge in [0.15, 0.2) is 5.76 Å². The molecule has 11 heteroatoms. The van der Waals surface area contributed by atoms with Crippen LogP contribution >= 0.6 is 11.3 Å². The first-order valence-electron chi connectivity index (χ1n) is 9.85. The van der Waals surface area contributed by atoms with Gasteiger partial charge in [-0.25, -0.2) is 8.42 Å². The van der Waals surface area contributed by atoms with Gasteiger partial charge in [0.2, 0.25) is 10.0 Å². The van der Waals surface area contributed by atoms with E-state index >= 15 is 0 Å². The number of furan rings is 1. The molecule has 4 rings (SSSR count). The van der Waals surface area contributed by atoms with E-state index in [4.69, 9.17) is 4.42 Å². The van der Waals surface area contributed by atoms with Crippen LogP contribution in [-0.4, -0.2) is 42.7 Å². The number of nitrogens with zero attached hydrogens (tertiary/aromatic N) is 1.